The Morgan fingerprint density at radius 1 is 1.39 bits per heavy atom. The molecule has 1 aromatic carbocycles. The molecule has 1 aromatic rings. The number of likely N-dealkylation sites (N-methyl/N-ethyl adjacent to an activating group) is 1. The van der Waals surface area contributed by atoms with E-state index in [2.05, 4.69) is 0 Å². The van der Waals surface area contributed by atoms with Gasteiger partial charge >= 0.3 is 0 Å². The van der Waals surface area contributed by atoms with E-state index in [0.29, 0.717) is 23.5 Å². The number of carbonyl (C=O) groups is 2. The first-order valence-electron chi connectivity index (χ1n) is 7.71. The third kappa shape index (κ3) is 3.85. The zero-order valence-corrected chi connectivity index (χ0v) is 14.8. The van der Waals surface area contributed by atoms with E-state index in [-0.39, 0.29) is 23.5 Å². The Morgan fingerprint density at radius 2 is 2.09 bits per heavy atom. The summed E-state index contributed by atoms with van der Waals surface area (Å²) in [5, 5.41) is 0. The highest BCUT2D eigenvalue weighted by atomic mass is 35.5. The topological polar surface area (TPSA) is 49.9 Å². The van der Waals surface area contributed by atoms with Crippen LogP contribution in [0.5, 0.6) is 5.75 Å². The Hall–Kier alpha value is -1.59. The summed E-state index contributed by atoms with van der Waals surface area (Å²) in [5.41, 5.74) is 1.14. The normalized spacial score (nSPS) is 17.4. The minimum Gasteiger partial charge on any atom is -0.478 e. The van der Waals surface area contributed by atoms with E-state index in [4.69, 9.17) is 16.3 Å². The molecule has 0 aliphatic carbocycles. The molecule has 1 unspecified atom stereocenters. The number of carbonyl (C=O) groups excluding carboxylic acids is 2. The number of halogens is 1. The Balaban J connectivity index is 2.42. The quantitative estimate of drug-likeness (QED) is 0.590. The van der Waals surface area contributed by atoms with Gasteiger partial charge in [-0.2, -0.15) is 0 Å². The fourth-order valence-corrected chi connectivity index (χ4v) is 2.64. The highest BCUT2D eigenvalue weighted by Crippen LogP contribution is 2.36. The van der Waals surface area contributed by atoms with E-state index >= 15 is 0 Å². The number of Topliss-reactive ketones (excluding diaryl/α,β-unsaturated/α-hetero) is 1. The Labute approximate surface area is 142 Å². The van der Waals surface area contributed by atoms with E-state index in [1.807, 2.05) is 32.8 Å². The first-order chi connectivity index (χ1) is 10.8. The second-order valence-electron chi connectivity index (χ2n) is 6.31. The zero-order chi connectivity index (χ0) is 17.1. The van der Waals surface area contributed by atoms with E-state index in [1.165, 1.54) is 0 Å². The summed E-state index contributed by atoms with van der Waals surface area (Å²) in [4.78, 5) is 28.3. The second kappa shape index (κ2) is 7.32. The smallest absolute Gasteiger partial charge is 0.268 e. The van der Waals surface area contributed by atoms with Crippen LogP contribution in [-0.2, 0) is 4.79 Å². The first kappa shape index (κ1) is 17.8. The monoisotopic (exact) mass is 338 g/mol. The molecule has 1 atom stereocenters. The number of anilines is 1. The van der Waals surface area contributed by atoms with Gasteiger partial charge in [0, 0.05) is 18.7 Å². The third-order valence-electron chi connectivity index (χ3n) is 3.83. The van der Waals surface area contributed by atoms with E-state index < -0.39 is 6.10 Å². The molecule has 0 N–H and O–H groups in total. The number of ketones is 1. The standard InChI is InChI=1S/C17H23ClN2O3/c1-11(2)16-17(22)20(8-7-19(3)4)13-9-12(14(21)10-18)5-6-15(13)23-16/h5-6,9,11,16H,7-8,10H2,1-4H3. The molecule has 0 saturated heterocycles. The van der Waals surface area contributed by atoms with Crippen molar-refractivity contribution < 1.29 is 14.3 Å². The largest absolute Gasteiger partial charge is 0.478 e. The van der Waals surface area contributed by atoms with Crippen molar-refractivity contribution in [2.45, 2.75) is 20.0 Å². The lowest BCUT2D eigenvalue weighted by molar-refractivity contribution is -0.128. The van der Waals surface area contributed by atoms with Gasteiger partial charge in [0.1, 0.15) is 5.75 Å². The Bertz CT molecular complexity index is 602. The highest BCUT2D eigenvalue weighted by Gasteiger charge is 2.36. The van der Waals surface area contributed by atoms with Crippen LogP contribution in [0.25, 0.3) is 0 Å². The van der Waals surface area contributed by atoms with Gasteiger partial charge in [-0.25, -0.2) is 0 Å². The number of hydrogen-bond donors (Lipinski definition) is 0. The lowest BCUT2D eigenvalue weighted by atomic mass is 10.0. The number of benzene rings is 1. The molecule has 5 nitrogen and oxygen atoms in total. The molecule has 1 aliphatic rings. The predicted molar refractivity (Wildman–Crippen MR) is 91.7 cm³/mol. The Kier molecular flexibility index (Phi) is 5.65. The van der Waals surface area contributed by atoms with Crippen LogP contribution in [0.15, 0.2) is 18.2 Å². The molecule has 1 aliphatic heterocycles. The van der Waals surface area contributed by atoms with Crippen molar-refractivity contribution in [2.24, 2.45) is 5.92 Å². The zero-order valence-electron chi connectivity index (χ0n) is 14.0. The summed E-state index contributed by atoms with van der Waals surface area (Å²) in [6, 6.07) is 5.14. The minimum atomic E-state index is -0.501. The number of fused-ring (bicyclic) bond motifs is 1. The van der Waals surface area contributed by atoms with Crippen molar-refractivity contribution in [3.8, 4) is 5.75 Å². The van der Waals surface area contributed by atoms with Crippen LogP contribution in [0.2, 0.25) is 0 Å². The van der Waals surface area contributed by atoms with Crippen LogP contribution in [0, 0.1) is 5.92 Å². The summed E-state index contributed by atoms with van der Waals surface area (Å²) in [6.07, 6.45) is -0.501. The summed E-state index contributed by atoms with van der Waals surface area (Å²) in [5.74, 6) is 0.389. The van der Waals surface area contributed by atoms with Crippen LogP contribution < -0.4 is 9.64 Å². The van der Waals surface area contributed by atoms with Crippen molar-refractivity contribution in [3.05, 3.63) is 23.8 Å². The molecular formula is C17H23ClN2O3. The number of hydrogen-bond acceptors (Lipinski definition) is 4. The number of alkyl halides is 1. The summed E-state index contributed by atoms with van der Waals surface area (Å²) in [7, 11) is 3.92. The number of rotatable bonds is 6. The molecule has 126 valence electrons. The molecule has 0 aromatic heterocycles. The molecule has 1 amide bonds. The average molecular weight is 339 g/mol. The SMILES string of the molecule is CC(C)C1Oc2ccc(C(=O)CCl)cc2N(CCN(C)C)C1=O. The number of amides is 1. The van der Waals surface area contributed by atoms with Crippen LogP contribution in [0.3, 0.4) is 0 Å². The third-order valence-corrected chi connectivity index (χ3v) is 4.08. The van der Waals surface area contributed by atoms with Crippen LogP contribution in [-0.4, -0.2) is 55.8 Å². The van der Waals surface area contributed by atoms with Gasteiger partial charge in [-0.3, -0.25) is 9.59 Å². The van der Waals surface area contributed by atoms with Crippen molar-refractivity contribution >= 4 is 29.0 Å². The minimum absolute atomic E-state index is 0.0650. The molecule has 6 heteroatoms. The average Bonchev–Trinajstić information content (AvgIpc) is 2.51. The molecule has 0 bridgehead atoms. The van der Waals surface area contributed by atoms with Crippen molar-refractivity contribution in [1.29, 1.82) is 0 Å². The maximum atomic E-state index is 12.8. The van der Waals surface area contributed by atoms with Crippen LogP contribution >= 0.6 is 11.6 Å². The Morgan fingerprint density at radius 3 is 2.65 bits per heavy atom. The van der Waals surface area contributed by atoms with E-state index in [0.717, 1.165) is 6.54 Å². The lowest BCUT2D eigenvalue weighted by Gasteiger charge is -2.36. The lowest BCUT2D eigenvalue weighted by Crippen LogP contribution is -2.50. The fourth-order valence-electron chi connectivity index (χ4n) is 2.49. The second-order valence-corrected chi connectivity index (χ2v) is 6.58. The molecule has 2 rings (SSSR count). The first-order valence-corrected chi connectivity index (χ1v) is 8.24. The summed E-state index contributed by atoms with van der Waals surface area (Å²) in [6.45, 7) is 5.19. The summed E-state index contributed by atoms with van der Waals surface area (Å²) >= 11 is 5.63. The molecular weight excluding hydrogens is 316 g/mol. The van der Waals surface area contributed by atoms with Gasteiger partial charge in [0.2, 0.25) is 0 Å². The molecule has 1 heterocycles. The molecule has 0 radical (unpaired) electrons. The molecule has 0 spiro atoms. The molecule has 0 fully saturated rings. The van der Waals surface area contributed by atoms with Gasteiger partial charge in [0.25, 0.3) is 5.91 Å². The number of ether oxygens (including phenoxy) is 1. The number of nitrogens with zero attached hydrogens (tertiary/aromatic N) is 2. The van der Waals surface area contributed by atoms with Crippen molar-refractivity contribution in [2.75, 3.05) is 38.0 Å². The summed E-state index contributed by atoms with van der Waals surface area (Å²) < 4.78 is 5.86. The van der Waals surface area contributed by atoms with Gasteiger partial charge in [-0.05, 0) is 38.2 Å². The van der Waals surface area contributed by atoms with Crippen molar-refractivity contribution in [3.63, 3.8) is 0 Å². The van der Waals surface area contributed by atoms with Gasteiger partial charge in [0.05, 0.1) is 11.6 Å². The molecule has 23 heavy (non-hydrogen) atoms. The van der Waals surface area contributed by atoms with Gasteiger partial charge in [-0.15, -0.1) is 11.6 Å². The molecule has 0 saturated carbocycles. The van der Waals surface area contributed by atoms with Crippen LogP contribution in [0.1, 0.15) is 24.2 Å². The van der Waals surface area contributed by atoms with E-state index in [9.17, 15) is 9.59 Å². The van der Waals surface area contributed by atoms with Gasteiger partial charge in [0.15, 0.2) is 11.9 Å². The highest BCUT2D eigenvalue weighted by molar-refractivity contribution is 6.30. The van der Waals surface area contributed by atoms with E-state index in [1.54, 1.807) is 23.1 Å². The van der Waals surface area contributed by atoms with Gasteiger partial charge in [-0.1, -0.05) is 13.8 Å². The fraction of sp³-hybridized carbons (Fsp3) is 0.529. The maximum Gasteiger partial charge on any atom is 0.268 e. The van der Waals surface area contributed by atoms with Crippen LogP contribution in [0.4, 0.5) is 5.69 Å². The van der Waals surface area contributed by atoms with Crippen molar-refractivity contribution in [1.82, 2.24) is 4.90 Å². The maximum absolute atomic E-state index is 12.8. The van der Waals surface area contributed by atoms with Gasteiger partial charge < -0.3 is 14.5 Å². The predicted octanol–water partition coefficient (Wildman–Crippen LogP) is 2.42.